The van der Waals surface area contributed by atoms with Crippen molar-refractivity contribution < 1.29 is 23.9 Å². The molecular weight excluding hydrogens is 432 g/mol. The maximum Gasteiger partial charge on any atom is 0.257 e. The molecule has 0 N–H and O–H groups in total. The van der Waals surface area contributed by atoms with Crippen molar-refractivity contribution in [1.29, 1.82) is 0 Å². The molecule has 2 amide bonds. The first-order chi connectivity index (χ1) is 15.9. The van der Waals surface area contributed by atoms with Gasteiger partial charge in [-0.05, 0) is 17.6 Å². The molecule has 0 bridgehead atoms. The Balaban J connectivity index is 3.04. The summed E-state index contributed by atoms with van der Waals surface area (Å²) in [6, 6.07) is 8.82. The quantitative estimate of drug-likeness (QED) is 0.449. The van der Waals surface area contributed by atoms with Gasteiger partial charge < -0.3 is 19.3 Å². The van der Waals surface area contributed by atoms with Crippen LogP contribution in [0.3, 0.4) is 0 Å². The average Bonchev–Trinajstić information content (AvgIpc) is 2.79. The SMILES string of the molecule is COc1c(C=CC(=O)c2ccccc2)c(C(=O)N(C)C)c(C(=O)N(C)C)c(OC)c1C(C)(C)C. The number of carbonyl (C=O) groups excluding carboxylic acids is 3. The van der Waals surface area contributed by atoms with Gasteiger partial charge in [-0.3, -0.25) is 14.4 Å². The van der Waals surface area contributed by atoms with Gasteiger partial charge in [0, 0.05) is 44.9 Å². The predicted molar refractivity (Wildman–Crippen MR) is 134 cm³/mol. The van der Waals surface area contributed by atoms with Crippen LogP contribution in [0.15, 0.2) is 36.4 Å². The van der Waals surface area contributed by atoms with Crippen molar-refractivity contribution in [2.75, 3.05) is 42.4 Å². The van der Waals surface area contributed by atoms with E-state index in [1.165, 1.54) is 30.1 Å². The standard InChI is InChI=1S/C27H34N2O5/c1-27(2,3)22-23(33-8)18(15-16-19(30)17-13-11-10-12-14-17)20(25(31)28(4)5)21(24(22)34-9)26(32)29(6)7/h10-16H,1-9H3. The van der Waals surface area contributed by atoms with Crippen LogP contribution in [0.4, 0.5) is 0 Å². The van der Waals surface area contributed by atoms with Crippen LogP contribution in [0.25, 0.3) is 6.08 Å². The van der Waals surface area contributed by atoms with Crippen molar-refractivity contribution in [3.8, 4) is 11.5 Å². The molecule has 0 aromatic heterocycles. The highest BCUT2D eigenvalue weighted by Gasteiger charge is 2.36. The number of allylic oxidation sites excluding steroid dienone is 1. The van der Waals surface area contributed by atoms with E-state index in [2.05, 4.69) is 0 Å². The number of amides is 2. The zero-order chi connectivity index (χ0) is 25.8. The molecule has 0 unspecified atom stereocenters. The van der Waals surface area contributed by atoms with Crippen LogP contribution in [0, 0.1) is 0 Å². The first-order valence-corrected chi connectivity index (χ1v) is 10.9. The van der Waals surface area contributed by atoms with Gasteiger partial charge in [-0.15, -0.1) is 0 Å². The summed E-state index contributed by atoms with van der Waals surface area (Å²) >= 11 is 0. The summed E-state index contributed by atoms with van der Waals surface area (Å²) in [5, 5.41) is 0. The highest BCUT2D eigenvalue weighted by molar-refractivity contribution is 6.13. The van der Waals surface area contributed by atoms with Gasteiger partial charge in [0.1, 0.15) is 11.5 Å². The van der Waals surface area contributed by atoms with E-state index in [0.29, 0.717) is 22.4 Å². The summed E-state index contributed by atoms with van der Waals surface area (Å²) in [5.41, 5.74) is 1.22. The van der Waals surface area contributed by atoms with Crippen LogP contribution in [-0.2, 0) is 5.41 Å². The van der Waals surface area contributed by atoms with Crippen molar-refractivity contribution >= 4 is 23.7 Å². The van der Waals surface area contributed by atoms with Crippen LogP contribution in [0.1, 0.15) is 63.0 Å². The fourth-order valence-electron chi connectivity index (χ4n) is 3.71. The van der Waals surface area contributed by atoms with Crippen LogP contribution < -0.4 is 9.47 Å². The molecule has 2 rings (SSSR count). The molecule has 2 aromatic rings. The number of ketones is 1. The zero-order valence-electron chi connectivity index (χ0n) is 21.5. The zero-order valence-corrected chi connectivity index (χ0v) is 21.5. The second-order valence-corrected chi connectivity index (χ2v) is 9.32. The molecule has 0 fully saturated rings. The van der Waals surface area contributed by atoms with Gasteiger partial charge in [0.05, 0.1) is 25.3 Å². The fourth-order valence-corrected chi connectivity index (χ4v) is 3.71. The lowest BCUT2D eigenvalue weighted by atomic mass is 9.80. The average molecular weight is 467 g/mol. The van der Waals surface area contributed by atoms with E-state index in [0.717, 1.165) is 0 Å². The smallest absolute Gasteiger partial charge is 0.257 e. The molecule has 182 valence electrons. The first kappa shape index (κ1) is 26.6. The maximum absolute atomic E-state index is 13.5. The molecule has 2 aromatic carbocycles. The summed E-state index contributed by atoms with van der Waals surface area (Å²) in [7, 11) is 9.39. The van der Waals surface area contributed by atoms with E-state index in [-0.39, 0.29) is 28.6 Å². The van der Waals surface area contributed by atoms with E-state index in [9.17, 15) is 14.4 Å². The Morgan fingerprint density at radius 2 is 1.29 bits per heavy atom. The highest BCUT2D eigenvalue weighted by atomic mass is 16.5. The number of benzene rings is 2. The molecule has 0 radical (unpaired) electrons. The second-order valence-electron chi connectivity index (χ2n) is 9.32. The number of hydrogen-bond donors (Lipinski definition) is 0. The Kier molecular flexibility index (Phi) is 8.26. The second kappa shape index (κ2) is 10.5. The summed E-state index contributed by atoms with van der Waals surface area (Å²) in [6.45, 7) is 5.90. The van der Waals surface area contributed by atoms with Gasteiger partial charge in [-0.25, -0.2) is 0 Å². The number of nitrogens with zero attached hydrogens (tertiary/aromatic N) is 2. The minimum Gasteiger partial charge on any atom is -0.496 e. The molecule has 0 heterocycles. The molecule has 0 saturated heterocycles. The predicted octanol–water partition coefficient (Wildman–Crippen LogP) is 4.30. The highest BCUT2D eigenvalue weighted by Crippen LogP contribution is 2.46. The van der Waals surface area contributed by atoms with Gasteiger partial charge in [0.15, 0.2) is 5.78 Å². The van der Waals surface area contributed by atoms with Crippen LogP contribution in [0.2, 0.25) is 0 Å². The largest absolute Gasteiger partial charge is 0.496 e. The lowest BCUT2D eigenvalue weighted by Gasteiger charge is -2.30. The van der Waals surface area contributed by atoms with E-state index < -0.39 is 11.3 Å². The van der Waals surface area contributed by atoms with Crippen LogP contribution >= 0.6 is 0 Å². The Bertz CT molecular complexity index is 1110. The first-order valence-electron chi connectivity index (χ1n) is 10.9. The monoisotopic (exact) mass is 466 g/mol. The number of carbonyl (C=O) groups is 3. The number of hydrogen-bond acceptors (Lipinski definition) is 5. The third-order valence-electron chi connectivity index (χ3n) is 5.30. The summed E-state index contributed by atoms with van der Waals surface area (Å²) in [4.78, 5) is 42.5. The van der Waals surface area contributed by atoms with E-state index >= 15 is 0 Å². The van der Waals surface area contributed by atoms with E-state index in [1.54, 1.807) is 58.5 Å². The summed E-state index contributed by atoms with van der Waals surface area (Å²) < 4.78 is 11.6. The molecular formula is C27H34N2O5. The van der Waals surface area contributed by atoms with Crippen molar-refractivity contribution in [3.63, 3.8) is 0 Å². The van der Waals surface area contributed by atoms with Crippen LogP contribution in [-0.4, -0.2) is 69.8 Å². The molecule has 34 heavy (non-hydrogen) atoms. The lowest BCUT2D eigenvalue weighted by molar-refractivity contribution is 0.0786. The third kappa shape index (κ3) is 5.30. The molecule has 0 spiro atoms. The van der Waals surface area contributed by atoms with Gasteiger partial charge in [-0.1, -0.05) is 51.1 Å². The minimum atomic E-state index is -0.510. The normalized spacial score (nSPS) is 11.3. The summed E-state index contributed by atoms with van der Waals surface area (Å²) in [6.07, 6.45) is 2.94. The fraction of sp³-hybridized carbons (Fsp3) is 0.370. The Hall–Kier alpha value is -3.61. The Morgan fingerprint density at radius 1 is 0.794 bits per heavy atom. The minimum absolute atomic E-state index is 0.113. The van der Waals surface area contributed by atoms with Crippen molar-refractivity contribution in [1.82, 2.24) is 9.80 Å². The molecule has 0 saturated carbocycles. The topological polar surface area (TPSA) is 76.2 Å². The molecule has 7 nitrogen and oxygen atoms in total. The summed E-state index contributed by atoms with van der Waals surface area (Å²) in [5.74, 6) is -0.380. The van der Waals surface area contributed by atoms with Crippen LogP contribution in [0.5, 0.6) is 11.5 Å². The van der Waals surface area contributed by atoms with Crippen molar-refractivity contribution in [2.24, 2.45) is 0 Å². The number of rotatable bonds is 7. The number of methoxy groups -OCH3 is 2. The van der Waals surface area contributed by atoms with E-state index in [1.807, 2.05) is 26.8 Å². The molecule has 0 aliphatic heterocycles. The maximum atomic E-state index is 13.5. The van der Waals surface area contributed by atoms with Gasteiger partial charge in [0.25, 0.3) is 11.8 Å². The van der Waals surface area contributed by atoms with Gasteiger partial charge in [0.2, 0.25) is 0 Å². The molecule has 0 aliphatic rings. The molecule has 0 aliphatic carbocycles. The number of ether oxygens (including phenoxy) is 2. The van der Waals surface area contributed by atoms with E-state index in [4.69, 9.17) is 9.47 Å². The third-order valence-corrected chi connectivity index (χ3v) is 5.30. The Morgan fingerprint density at radius 3 is 1.74 bits per heavy atom. The van der Waals surface area contributed by atoms with Gasteiger partial charge >= 0.3 is 0 Å². The lowest BCUT2D eigenvalue weighted by Crippen LogP contribution is -2.31. The van der Waals surface area contributed by atoms with Crippen molar-refractivity contribution in [3.05, 3.63) is 64.2 Å². The molecule has 0 atom stereocenters. The van der Waals surface area contributed by atoms with Gasteiger partial charge in [-0.2, -0.15) is 0 Å². The van der Waals surface area contributed by atoms with Crippen molar-refractivity contribution in [2.45, 2.75) is 26.2 Å². The molecule has 7 heteroatoms. The Labute approximate surface area is 202 Å².